The number of nitrogens with two attached hydrogens (primary N) is 1. The maximum Gasteiger partial charge on any atom is 0.224 e. The van der Waals surface area contributed by atoms with E-state index in [9.17, 15) is 0 Å². The molecule has 0 spiro atoms. The lowest BCUT2D eigenvalue weighted by atomic mass is 10.1. The molecule has 0 atom stereocenters. The Hall–Kier alpha value is -0.870. The van der Waals surface area contributed by atoms with E-state index >= 15 is 0 Å². The minimum Gasteiger partial charge on any atom is -0.383 e. The van der Waals surface area contributed by atoms with Crippen molar-refractivity contribution in [2.24, 2.45) is 0 Å². The van der Waals surface area contributed by atoms with Gasteiger partial charge in [0.05, 0.1) is 5.69 Å². The summed E-state index contributed by atoms with van der Waals surface area (Å²) in [5.74, 6) is 0.527. The Bertz CT molecular complexity index is 326. The highest BCUT2D eigenvalue weighted by atomic mass is 35.5. The summed E-state index contributed by atoms with van der Waals surface area (Å²) in [5.41, 5.74) is 7.79. The Kier molecular flexibility index (Phi) is 2.33. The number of rotatable bonds is 0. The number of hydrogen-bond donors (Lipinski definition) is 2. The maximum absolute atomic E-state index is 5.75. The summed E-state index contributed by atoms with van der Waals surface area (Å²) in [5, 5.41) is 3.52. The van der Waals surface area contributed by atoms with Crippen LogP contribution < -0.4 is 11.1 Å². The van der Waals surface area contributed by atoms with Crippen LogP contribution in [0, 0.1) is 0 Å². The number of fused-ring (bicyclic) bond motifs is 1. The fourth-order valence-corrected chi connectivity index (χ4v) is 1.74. The Morgan fingerprint density at radius 3 is 2.85 bits per heavy atom. The molecule has 0 saturated carbocycles. The SMILES string of the molecule is Nc1nc(Cl)nc2c1CCNCC2. The zero-order chi connectivity index (χ0) is 9.26. The first kappa shape index (κ1) is 8.72. The van der Waals surface area contributed by atoms with Gasteiger partial charge in [0.1, 0.15) is 5.82 Å². The second-order valence-electron chi connectivity index (χ2n) is 3.05. The highest BCUT2D eigenvalue weighted by molar-refractivity contribution is 6.28. The van der Waals surface area contributed by atoms with Crippen LogP contribution in [-0.4, -0.2) is 23.1 Å². The van der Waals surface area contributed by atoms with Gasteiger partial charge in [0.25, 0.3) is 0 Å². The van der Waals surface area contributed by atoms with Gasteiger partial charge in [-0.15, -0.1) is 0 Å². The van der Waals surface area contributed by atoms with Gasteiger partial charge in [0.2, 0.25) is 5.28 Å². The molecule has 2 rings (SSSR count). The number of nitrogens with one attached hydrogen (secondary N) is 1. The van der Waals surface area contributed by atoms with Crippen molar-refractivity contribution in [3.05, 3.63) is 16.5 Å². The lowest BCUT2D eigenvalue weighted by Crippen LogP contribution is -2.16. The minimum absolute atomic E-state index is 0.248. The minimum atomic E-state index is 0.248. The van der Waals surface area contributed by atoms with Gasteiger partial charge in [0.15, 0.2) is 0 Å². The first-order valence-corrected chi connectivity index (χ1v) is 4.66. The molecule has 13 heavy (non-hydrogen) atoms. The van der Waals surface area contributed by atoms with Gasteiger partial charge in [-0.3, -0.25) is 0 Å². The highest BCUT2D eigenvalue weighted by Crippen LogP contribution is 2.18. The van der Waals surface area contributed by atoms with Crippen LogP contribution in [0.2, 0.25) is 5.28 Å². The van der Waals surface area contributed by atoms with Gasteiger partial charge in [-0.25, -0.2) is 9.97 Å². The van der Waals surface area contributed by atoms with E-state index in [0.717, 1.165) is 37.2 Å². The predicted molar refractivity (Wildman–Crippen MR) is 51.7 cm³/mol. The van der Waals surface area contributed by atoms with E-state index in [1.165, 1.54) is 0 Å². The van der Waals surface area contributed by atoms with Crippen molar-refractivity contribution >= 4 is 17.4 Å². The van der Waals surface area contributed by atoms with E-state index in [1.54, 1.807) is 0 Å². The standard InChI is InChI=1S/C8H11ClN4/c9-8-12-6-2-4-11-3-1-5(6)7(10)13-8/h11H,1-4H2,(H2,10,12,13). The highest BCUT2D eigenvalue weighted by Gasteiger charge is 2.13. The van der Waals surface area contributed by atoms with Crippen molar-refractivity contribution in [2.45, 2.75) is 12.8 Å². The number of aromatic nitrogens is 2. The molecule has 0 bridgehead atoms. The molecule has 3 N–H and O–H groups in total. The van der Waals surface area contributed by atoms with Gasteiger partial charge in [-0.2, -0.15) is 0 Å². The largest absolute Gasteiger partial charge is 0.383 e. The molecule has 0 radical (unpaired) electrons. The van der Waals surface area contributed by atoms with Crippen molar-refractivity contribution in [3.63, 3.8) is 0 Å². The van der Waals surface area contributed by atoms with E-state index in [2.05, 4.69) is 15.3 Å². The summed E-state index contributed by atoms with van der Waals surface area (Å²) < 4.78 is 0. The Morgan fingerprint density at radius 1 is 1.23 bits per heavy atom. The van der Waals surface area contributed by atoms with Crippen molar-refractivity contribution < 1.29 is 0 Å². The van der Waals surface area contributed by atoms with Crippen molar-refractivity contribution in [2.75, 3.05) is 18.8 Å². The fraction of sp³-hybridized carbons (Fsp3) is 0.500. The molecule has 2 heterocycles. The number of nitrogen functional groups attached to an aromatic ring is 1. The molecule has 0 saturated heterocycles. The van der Waals surface area contributed by atoms with Gasteiger partial charge in [0, 0.05) is 18.5 Å². The molecule has 0 amide bonds. The summed E-state index contributed by atoms with van der Waals surface area (Å²) in [7, 11) is 0. The van der Waals surface area contributed by atoms with E-state index in [1.807, 2.05) is 0 Å². The molecular formula is C8H11ClN4. The smallest absolute Gasteiger partial charge is 0.224 e. The van der Waals surface area contributed by atoms with Crippen LogP contribution in [0.3, 0.4) is 0 Å². The summed E-state index contributed by atoms with van der Waals surface area (Å²) >= 11 is 5.71. The zero-order valence-electron chi connectivity index (χ0n) is 7.18. The molecule has 0 aliphatic carbocycles. The third-order valence-electron chi connectivity index (χ3n) is 2.19. The van der Waals surface area contributed by atoms with Gasteiger partial charge < -0.3 is 11.1 Å². The van der Waals surface area contributed by atoms with Crippen LogP contribution >= 0.6 is 11.6 Å². The molecule has 0 unspecified atom stereocenters. The lowest BCUT2D eigenvalue weighted by Gasteiger charge is -2.06. The quantitative estimate of drug-likeness (QED) is 0.593. The number of nitrogens with zero attached hydrogens (tertiary/aromatic N) is 2. The Balaban J connectivity index is 2.47. The molecular weight excluding hydrogens is 188 g/mol. The maximum atomic E-state index is 5.75. The van der Waals surface area contributed by atoms with Crippen molar-refractivity contribution in [1.29, 1.82) is 0 Å². The number of anilines is 1. The predicted octanol–water partition coefficient (Wildman–Crippen LogP) is 0.400. The fourth-order valence-electron chi connectivity index (χ4n) is 1.54. The monoisotopic (exact) mass is 198 g/mol. The third-order valence-corrected chi connectivity index (χ3v) is 2.36. The molecule has 1 aromatic heterocycles. The molecule has 0 aromatic carbocycles. The van der Waals surface area contributed by atoms with E-state index in [-0.39, 0.29) is 5.28 Å². The molecule has 1 aliphatic rings. The topological polar surface area (TPSA) is 63.8 Å². The summed E-state index contributed by atoms with van der Waals surface area (Å²) in [6.45, 7) is 1.86. The molecule has 0 fully saturated rings. The normalized spacial score (nSPS) is 16.4. The first-order valence-electron chi connectivity index (χ1n) is 4.29. The van der Waals surface area contributed by atoms with Crippen LogP contribution in [0.4, 0.5) is 5.82 Å². The zero-order valence-corrected chi connectivity index (χ0v) is 7.93. The van der Waals surface area contributed by atoms with Crippen LogP contribution in [0.1, 0.15) is 11.3 Å². The second kappa shape index (κ2) is 3.47. The van der Waals surface area contributed by atoms with Crippen molar-refractivity contribution in [3.8, 4) is 0 Å². The van der Waals surface area contributed by atoms with Gasteiger partial charge >= 0.3 is 0 Å². The molecule has 70 valence electrons. The van der Waals surface area contributed by atoms with E-state index in [4.69, 9.17) is 17.3 Å². The average Bonchev–Trinajstić information content (AvgIpc) is 2.28. The van der Waals surface area contributed by atoms with Crippen LogP contribution in [0.5, 0.6) is 0 Å². The van der Waals surface area contributed by atoms with Crippen LogP contribution in [0.15, 0.2) is 0 Å². The molecule has 1 aromatic rings. The summed E-state index contributed by atoms with van der Waals surface area (Å²) in [4.78, 5) is 8.10. The Morgan fingerprint density at radius 2 is 2.00 bits per heavy atom. The van der Waals surface area contributed by atoms with Crippen LogP contribution in [0.25, 0.3) is 0 Å². The Labute approximate surface area is 81.5 Å². The van der Waals surface area contributed by atoms with E-state index in [0.29, 0.717) is 5.82 Å². The number of hydrogen-bond acceptors (Lipinski definition) is 4. The van der Waals surface area contributed by atoms with Gasteiger partial charge in [-0.05, 0) is 24.6 Å². The molecule has 1 aliphatic heterocycles. The van der Waals surface area contributed by atoms with Crippen LogP contribution in [-0.2, 0) is 12.8 Å². The molecule has 4 nitrogen and oxygen atoms in total. The molecule has 5 heteroatoms. The third kappa shape index (κ3) is 1.73. The average molecular weight is 199 g/mol. The van der Waals surface area contributed by atoms with E-state index < -0.39 is 0 Å². The summed E-state index contributed by atoms with van der Waals surface area (Å²) in [6.07, 6.45) is 1.76. The van der Waals surface area contributed by atoms with Crippen molar-refractivity contribution in [1.82, 2.24) is 15.3 Å². The second-order valence-corrected chi connectivity index (χ2v) is 3.39. The first-order chi connectivity index (χ1) is 6.27. The summed E-state index contributed by atoms with van der Waals surface area (Å²) in [6, 6.07) is 0. The number of halogens is 1. The lowest BCUT2D eigenvalue weighted by molar-refractivity contribution is 0.708. The van der Waals surface area contributed by atoms with Gasteiger partial charge in [-0.1, -0.05) is 0 Å².